The van der Waals surface area contributed by atoms with Crippen molar-refractivity contribution in [1.82, 2.24) is 0 Å². The molecule has 1 rings (SSSR count). The SMILES string of the molecule is C1C[N-]CC[N-]CCC[N-]CC[N-]C1.N#[O+].[Cl][Ru+]. The zero-order chi connectivity index (χ0) is 13.9. The molecule has 0 radical (unpaired) electrons. The summed E-state index contributed by atoms with van der Waals surface area (Å²) in [5.41, 5.74) is 5.75. The Morgan fingerprint density at radius 1 is 0.611 bits per heavy atom. The molecule has 0 saturated carbocycles. The first-order chi connectivity index (χ1) is 9.00. The van der Waals surface area contributed by atoms with Crippen LogP contribution < -0.4 is 0 Å². The van der Waals surface area contributed by atoms with E-state index in [0.29, 0.717) is 0 Å². The molecule has 0 aromatic carbocycles. The van der Waals surface area contributed by atoms with Crippen molar-refractivity contribution in [1.29, 1.82) is 5.46 Å². The van der Waals surface area contributed by atoms with Crippen LogP contribution >= 0.6 is 9.69 Å². The molecule has 0 aromatic heterocycles. The normalized spacial score (nSPS) is 19.1. The van der Waals surface area contributed by atoms with Crippen LogP contribution in [0.3, 0.4) is 0 Å². The molecule has 18 heavy (non-hydrogen) atoms. The van der Waals surface area contributed by atoms with Crippen molar-refractivity contribution in [2.45, 2.75) is 12.8 Å². The molecule has 0 aromatic rings. The van der Waals surface area contributed by atoms with E-state index in [-0.39, 0.29) is 0 Å². The van der Waals surface area contributed by atoms with Crippen LogP contribution in [0.2, 0.25) is 0 Å². The third-order valence-electron chi connectivity index (χ3n) is 2.10. The van der Waals surface area contributed by atoms with Gasteiger partial charge in [-0.3, -0.25) is 0 Å². The van der Waals surface area contributed by atoms with Crippen molar-refractivity contribution >= 4 is 9.69 Å². The first-order valence-corrected chi connectivity index (χ1v) is 8.08. The Morgan fingerprint density at radius 3 is 1.06 bits per heavy atom. The second-order valence-electron chi connectivity index (χ2n) is 3.39. The van der Waals surface area contributed by atoms with Crippen LogP contribution in [0.1, 0.15) is 12.8 Å². The summed E-state index contributed by atoms with van der Waals surface area (Å²) in [7, 11) is 4.57. The molecule has 1 aliphatic rings. The van der Waals surface area contributed by atoms with Gasteiger partial charge in [0.25, 0.3) is 0 Å². The van der Waals surface area contributed by atoms with Gasteiger partial charge in [0, 0.05) is 0 Å². The van der Waals surface area contributed by atoms with Gasteiger partial charge >= 0.3 is 37.2 Å². The Bertz CT molecular complexity index is 111. The summed E-state index contributed by atoms with van der Waals surface area (Å²) in [4.78, 5) is 0. The Hall–Kier alpha value is 0.423. The Kier molecular flexibility index (Phi) is 26.0. The number of hydrogen-bond donors (Lipinski definition) is 0. The summed E-state index contributed by atoms with van der Waals surface area (Å²) in [5.74, 6) is 0. The third-order valence-corrected chi connectivity index (χ3v) is 2.10. The second-order valence-corrected chi connectivity index (χ2v) is 3.39. The van der Waals surface area contributed by atoms with Crippen molar-refractivity contribution in [3.05, 3.63) is 21.3 Å². The molecule has 0 spiro atoms. The van der Waals surface area contributed by atoms with E-state index in [1.54, 1.807) is 0 Å². The second kappa shape index (κ2) is 22.6. The molecule has 0 bridgehead atoms. The van der Waals surface area contributed by atoms with E-state index in [2.05, 4.69) is 31.0 Å². The molecular weight excluding hydrogens is 343 g/mol. The van der Waals surface area contributed by atoms with Crippen molar-refractivity contribution in [3.8, 4) is 0 Å². The van der Waals surface area contributed by atoms with E-state index in [0.717, 1.165) is 65.2 Å². The molecule has 6 nitrogen and oxygen atoms in total. The molecule has 1 heterocycles. The molecule has 1 saturated heterocycles. The minimum absolute atomic E-state index is 0.886. The molecular formula is C10H20ClN5ORu-2. The van der Waals surface area contributed by atoms with Crippen LogP contribution in [0, 0.1) is 5.46 Å². The summed E-state index contributed by atoms with van der Waals surface area (Å²) in [5, 5.41) is 17.5. The molecule has 0 unspecified atom stereocenters. The fraction of sp³-hybridized carbons (Fsp3) is 1.00. The van der Waals surface area contributed by atoms with E-state index >= 15 is 0 Å². The zero-order valence-corrected chi connectivity index (χ0v) is 12.9. The number of hydrogen-bond acceptors (Lipinski definition) is 1. The quantitative estimate of drug-likeness (QED) is 0.480. The molecule has 0 N–H and O–H groups in total. The molecule has 0 aliphatic carbocycles. The van der Waals surface area contributed by atoms with Gasteiger partial charge in [0.2, 0.25) is 0 Å². The molecule has 108 valence electrons. The molecule has 1 aliphatic heterocycles. The molecule has 1 fully saturated rings. The molecule has 0 atom stereocenters. The summed E-state index contributed by atoms with van der Waals surface area (Å²) in [6, 6.07) is 0. The molecule has 0 amide bonds. The summed E-state index contributed by atoms with van der Waals surface area (Å²) in [6.45, 7) is 7.31. The van der Waals surface area contributed by atoms with Crippen LogP contribution in [-0.2, 0) is 22.1 Å². The summed E-state index contributed by atoms with van der Waals surface area (Å²) >= 11 is 1.82. The Morgan fingerprint density at radius 2 is 0.833 bits per heavy atom. The van der Waals surface area contributed by atoms with Gasteiger partial charge < -0.3 is 21.3 Å². The third kappa shape index (κ3) is 18.8. The van der Waals surface area contributed by atoms with E-state index < -0.39 is 0 Å². The summed E-state index contributed by atoms with van der Waals surface area (Å²) < 4.78 is 7.25. The predicted octanol–water partition coefficient (Wildman–Crippen LogP) is 2.86. The monoisotopic (exact) mass is 363 g/mol. The topological polar surface area (TPSA) is 100 Å². The summed E-state index contributed by atoms with van der Waals surface area (Å²) in [6.07, 6.45) is 2.17. The van der Waals surface area contributed by atoms with E-state index in [4.69, 9.17) is 10.2 Å². The van der Waals surface area contributed by atoms with Gasteiger partial charge in [-0.2, -0.15) is 52.4 Å². The first-order valence-electron chi connectivity index (χ1n) is 5.85. The van der Waals surface area contributed by atoms with Gasteiger partial charge in [0.15, 0.2) is 0 Å². The van der Waals surface area contributed by atoms with Crippen LogP contribution in [0.5, 0.6) is 0 Å². The zero-order valence-electron chi connectivity index (χ0n) is 10.4. The van der Waals surface area contributed by atoms with Gasteiger partial charge in [-0.05, 0) is 0 Å². The van der Waals surface area contributed by atoms with Gasteiger partial charge in [-0.1, -0.05) is 12.8 Å². The molecule has 8 heteroatoms. The average molecular weight is 363 g/mol. The van der Waals surface area contributed by atoms with E-state index in [1.807, 2.05) is 17.3 Å². The maximum absolute atomic E-state index is 7.25. The van der Waals surface area contributed by atoms with Gasteiger partial charge in [-0.15, -0.1) is 0 Å². The Labute approximate surface area is 124 Å². The predicted molar refractivity (Wildman–Crippen MR) is 69.9 cm³/mol. The van der Waals surface area contributed by atoms with Crippen LogP contribution in [0.4, 0.5) is 0 Å². The van der Waals surface area contributed by atoms with Gasteiger partial charge in [-0.25, -0.2) is 0 Å². The van der Waals surface area contributed by atoms with E-state index in [1.165, 1.54) is 0 Å². The Balaban J connectivity index is 0. The van der Waals surface area contributed by atoms with Crippen LogP contribution in [0.15, 0.2) is 0 Å². The van der Waals surface area contributed by atoms with Crippen molar-refractivity contribution in [2.75, 3.05) is 52.4 Å². The van der Waals surface area contributed by atoms with Crippen molar-refractivity contribution in [2.24, 2.45) is 0 Å². The number of rotatable bonds is 0. The standard InChI is InChI=1S/C10H20N4.ClH.NO.Ru/c1-3-11-7-9-13-5-2-6-14-10-8-12-4-1;;1-2;/h1-10H2;1H;;/q-4;;+1;+2/p-1. The van der Waals surface area contributed by atoms with Crippen molar-refractivity contribution < 1.29 is 22.1 Å². The van der Waals surface area contributed by atoms with Crippen molar-refractivity contribution in [3.63, 3.8) is 0 Å². The first kappa shape index (κ1) is 20.7. The fourth-order valence-corrected chi connectivity index (χ4v) is 1.32. The maximum atomic E-state index is 7.25. The van der Waals surface area contributed by atoms with Crippen LogP contribution in [-0.4, -0.2) is 52.4 Å². The van der Waals surface area contributed by atoms with Gasteiger partial charge in [0.1, 0.15) is 0 Å². The van der Waals surface area contributed by atoms with E-state index in [9.17, 15) is 0 Å². The fourth-order valence-electron chi connectivity index (χ4n) is 1.32. The number of halogens is 1. The minimum atomic E-state index is 0.886. The van der Waals surface area contributed by atoms with Gasteiger partial charge in [0.05, 0.1) is 0 Å². The number of nitrogens with zero attached hydrogens (tertiary/aromatic N) is 5. The van der Waals surface area contributed by atoms with Crippen LogP contribution in [0.25, 0.3) is 21.3 Å². The average Bonchev–Trinajstić information content (AvgIpc) is 2.46.